The number of nitriles is 1. The van der Waals surface area contributed by atoms with Crippen LogP contribution in [0.15, 0.2) is 60.0 Å². The third kappa shape index (κ3) is 3.94. The van der Waals surface area contributed by atoms with Crippen molar-refractivity contribution in [1.82, 2.24) is 0 Å². The zero-order valence-electron chi connectivity index (χ0n) is 13.3. The van der Waals surface area contributed by atoms with Gasteiger partial charge in [-0.05, 0) is 47.8 Å². The van der Waals surface area contributed by atoms with Gasteiger partial charge in [0.2, 0.25) is 0 Å². The largest absolute Gasteiger partial charge is 0.322 e. The van der Waals surface area contributed by atoms with E-state index in [4.69, 9.17) is 5.26 Å². The highest BCUT2D eigenvalue weighted by molar-refractivity contribution is 7.12. The molecule has 1 aromatic heterocycles. The van der Waals surface area contributed by atoms with E-state index in [0.717, 1.165) is 6.07 Å². The molecule has 0 unspecified atom stereocenters. The Bertz CT molecular complexity index is 1010. The molecule has 2 aromatic carbocycles. The average Bonchev–Trinajstić information content (AvgIpc) is 3.16. The van der Waals surface area contributed by atoms with E-state index in [1.165, 1.54) is 23.5 Å². The van der Waals surface area contributed by atoms with Crippen molar-refractivity contribution in [3.05, 3.63) is 81.8 Å². The molecule has 0 saturated carbocycles. The molecule has 5 nitrogen and oxygen atoms in total. The van der Waals surface area contributed by atoms with Gasteiger partial charge in [-0.15, -0.1) is 11.3 Å². The molecule has 3 rings (SSSR count). The molecule has 3 aromatic rings. The van der Waals surface area contributed by atoms with Gasteiger partial charge in [0, 0.05) is 11.4 Å². The SMILES string of the molecule is N#Cc1ccc(C(=O)Nc2cccc(NC(=O)c3cccs3)c2)c(F)c1. The number of halogens is 1. The Morgan fingerprint density at radius 3 is 2.31 bits per heavy atom. The van der Waals surface area contributed by atoms with Gasteiger partial charge in [0.1, 0.15) is 5.82 Å². The van der Waals surface area contributed by atoms with Crippen molar-refractivity contribution < 1.29 is 14.0 Å². The van der Waals surface area contributed by atoms with Crippen LogP contribution in [0.5, 0.6) is 0 Å². The quantitative estimate of drug-likeness (QED) is 0.725. The first-order chi connectivity index (χ1) is 12.6. The number of carbonyl (C=O) groups excluding carboxylic acids is 2. The molecule has 0 atom stereocenters. The molecule has 0 fully saturated rings. The summed E-state index contributed by atoms with van der Waals surface area (Å²) in [4.78, 5) is 24.9. The number of nitrogens with zero attached hydrogens (tertiary/aromatic N) is 1. The first kappa shape index (κ1) is 17.3. The topological polar surface area (TPSA) is 82.0 Å². The molecule has 2 N–H and O–H groups in total. The van der Waals surface area contributed by atoms with Gasteiger partial charge in [-0.1, -0.05) is 12.1 Å². The lowest BCUT2D eigenvalue weighted by Crippen LogP contribution is -2.14. The molecule has 128 valence electrons. The van der Waals surface area contributed by atoms with E-state index < -0.39 is 11.7 Å². The van der Waals surface area contributed by atoms with Crippen LogP contribution in [-0.4, -0.2) is 11.8 Å². The lowest BCUT2D eigenvalue weighted by molar-refractivity contribution is 0.101. The molecule has 0 bridgehead atoms. The third-order valence-electron chi connectivity index (χ3n) is 3.47. The lowest BCUT2D eigenvalue weighted by Gasteiger charge is -2.09. The van der Waals surface area contributed by atoms with E-state index in [9.17, 15) is 14.0 Å². The number of hydrogen-bond donors (Lipinski definition) is 2. The van der Waals surface area contributed by atoms with Gasteiger partial charge in [0.05, 0.1) is 22.1 Å². The number of benzene rings is 2. The van der Waals surface area contributed by atoms with E-state index in [2.05, 4.69) is 10.6 Å². The number of rotatable bonds is 4. The number of amides is 2. The Labute approximate surface area is 152 Å². The van der Waals surface area contributed by atoms with E-state index in [-0.39, 0.29) is 17.0 Å². The minimum atomic E-state index is -0.774. The molecular weight excluding hydrogens is 353 g/mol. The number of thiophene rings is 1. The van der Waals surface area contributed by atoms with Crippen molar-refractivity contribution in [2.24, 2.45) is 0 Å². The van der Waals surface area contributed by atoms with Crippen LogP contribution < -0.4 is 10.6 Å². The standard InChI is InChI=1S/C19H12FN3O2S/c20-16-9-12(11-21)6-7-15(16)18(24)22-13-3-1-4-14(10-13)23-19(25)17-5-2-8-26-17/h1-10H,(H,22,24)(H,23,25). The van der Waals surface area contributed by atoms with Gasteiger partial charge < -0.3 is 10.6 Å². The predicted molar refractivity (Wildman–Crippen MR) is 97.8 cm³/mol. The monoisotopic (exact) mass is 365 g/mol. The zero-order chi connectivity index (χ0) is 18.5. The molecule has 0 spiro atoms. The van der Waals surface area contributed by atoms with E-state index in [0.29, 0.717) is 16.3 Å². The fourth-order valence-electron chi connectivity index (χ4n) is 2.24. The Kier molecular flexibility index (Phi) is 5.06. The highest BCUT2D eigenvalue weighted by atomic mass is 32.1. The molecule has 0 radical (unpaired) electrons. The average molecular weight is 365 g/mol. The minimum absolute atomic E-state index is 0.136. The van der Waals surface area contributed by atoms with Crippen LogP contribution in [0.3, 0.4) is 0 Å². The maximum absolute atomic E-state index is 13.9. The fraction of sp³-hybridized carbons (Fsp3) is 0. The first-order valence-electron chi connectivity index (χ1n) is 7.53. The van der Waals surface area contributed by atoms with Gasteiger partial charge in [-0.2, -0.15) is 5.26 Å². The summed E-state index contributed by atoms with van der Waals surface area (Å²) in [6, 6.07) is 15.5. The number of anilines is 2. The van der Waals surface area contributed by atoms with Gasteiger partial charge in [0.25, 0.3) is 11.8 Å². The molecule has 7 heteroatoms. The fourth-order valence-corrected chi connectivity index (χ4v) is 2.86. The maximum atomic E-state index is 13.9. The highest BCUT2D eigenvalue weighted by Crippen LogP contribution is 2.19. The Hall–Kier alpha value is -3.50. The van der Waals surface area contributed by atoms with Crippen molar-refractivity contribution in [3.8, 4) is 6.07 Å². The molecule has 0 aliphatic rings. The second-order valence-corrected chi connectivity index (χ2v) is 6.22. The zero-order valence-corrected chi connectivity index (χ0v) is 14.1. The van der Waals surface area contributed by atoms with Crippen LogP contribution in [0.2, 0.25) is 0 Å². The van der Waals surface area contributed by atoms with Crippen molar-refractivity contribution in [1.29, 1.82) is 5.26 Å². The maximum Gasteiger partial charge on any atom is 0.265 e. The molecule has 2 amide bonds. The summed E-state index contributed by atoms with van der Waals surface area (Å²) < 4.78 is 13.9. The Morgan fingerprint density at radius 1 is 0.962 bits per heavy atom. The summed E-state index contributed by atoms with van der Waals surface area (Å²) in [7, 11) is 0. The molecule has 26 heavy (non-hydrogen) atoms. The van der Waals surface area contributed by atoms with Gasteiger partial charge in [-0.25, -0.2) is 4.39 Å². The van der Waals surface area contributed by atoms with Crippen molar-refractivity contribution >= 4 is 34.5 Å². The first-order valence-corrected chi connectivity index (χ1v) is 8.41. The summed E-state index contributed by atoms with van der Waals surface area (Å²) in [6.07, 6.45) is 0. The van der Waals surface area contributed by atoms with E-state index in [1.54, 1.807) is 41.8 Å². The summed E-state index contributed by atoms with van der Waals surface area (Å²) in [6.45, 7) is 0. The van der Waals surface area contributed by atoms with Crippen molar-refractivity contribution in [2.75, 3.05) is 10.6 Å². The lowest BCUT2D eigenvalue weighted by atomic mass is 10.1. The smallest absolute Gasteiger partial charge is 0.265 e. The van der Waals surface area contributed by atoms with Crippen LogP contribution in [0.25, 0.3) is 0 Å². The van der Waals surface area contributed by atoms with Crippen molar-refractivity contribution in [2.45, 2.75) is 0 Å². The summed E-state index contributed by atoms with van der Waals surface area (Å²) in [5.74, 6) is -1.67. The Balaban J connectivity index is 1.73. The summed E-state index contributed by atoms with van der Waals surface area (Å²) in [5, 5.41) is 15.9. The molecule has 1 heterocycles. The summed E-state index contributed by atoms with van der Waals surface area (Å²) >= 11 is 1.32. The van der Waals surface area contributed by atoms with E-state index >= 15 is 0 Å². The molecule has 0 saturated heterocycles. The van der Waals surface area contributed by atoms with Crippen molar-refractivity contribution in [3.63, 3.8) is 0 Å². The predicted octanol–water partition coefficient (Wildman–Crippen LogP) is 4.26. The second kappa shape index (κ2) is 7.59. The van der Waals surface area contributed by atoms with Gasteiger partial charge in [0.15, 0.2) is 0 Å². The molecule has 0 aliphatic heterocycles. The third-order valence-corrected chi connectivity index (χ3v) is 4.33. The van der Waals surface area contributed by atoms with Crippen LogP contribution in [-0.2, 0) is 0 Å². The Morgan fingerprint density at radius 2 is 1.69 bits per heavy atom. The second-order valence-electron chi connectivity index (χ2n) is 5.27. The highest BCUT2D eigenvalue weighted by Gasteiger charge is 2.13. The minimum Gasteiger partial charge on any atom is -0.322 e. The van der Waals surface area contributed by atoms with Gasteiger partial charge in [-0.3, -0.25) is 9.59 Å². The van der Waals surface area contributed by atoms with Gasteiger partial charge >= 0.3 is 0 Å². The van der Waals surface area contributed by atoms with Crippen LogP contribution in [0.4, 0.5) is 15.8 Å². The molecular formula is C19H12FN3O2S. The van der Waals surface area contributed by atoms with Crippen LogP contribution in [0.1, 0.15) is 25.6 Å². The number of nitrogens with one attached hydrogen (secondary N) is 2. The van der Waals surface area contributed by atoms with E-state index in [1.807, 2.05) is 6.07 Å². The normalized spacial score (nSPS) is 10.0. The number of carbonyl (C=O) groups is 2. The molecule has 0 aliphatic carbocycles. The number of hydrogen-bond acceptors (Lipinski definition) is 4. The van der Waals surface area contributed by atoms with Crippen LogP contribution in [0, 0.1) is 17.1 Å². The van der Waals surface area contributed by atoms with Crippen LogP contribution >= 0.6 is 11.3 Å². The summed E-state index contributed by atoms with van der Waals surface area (Å²) in [5.41, 5.74) is 0.874.